The van der Waals surface area contributed by atoms with Gasteiger partial charge >= 0.3 is 5.97 Å². The van der Waals surface area contributed by atoms with Gasteiger partial charge in [-0.2, -0.15) is 0 Å². The van der Waals surface area contributed by atoms with Crippen LogP contribution in [0.15, 0.2) is 12.1 Å². The summed E-state index contributed by atoms with van der Waals surface area (Å²) in [5.74, 6) is -0.195. The van der Waals surface area contributed by atoms with Crippen LogP contribution >= 0.6 is 11.6 Å². The monoisotopic (exact) mass is 286 g/mol. The lowest BCUT2D eigenvalue weighted by atomic mass is 10.1. The van der Waals surface area contributed by atoms with Gasteiger partial charge in [0.2, 0.25) is 8.32 Å². The van der Waals surface area contributed by atoms with Gasteiger partial charge in [0.25, 0.3) is 0 Å². The van der Waals surface area contributed by atoms with Gasteiger partial charge in [-0.05, 0) is 31.8 Å². The van der Waals surface area contributed by atoms with E-state index in [0.717, 1.165) is 0 Å². The fraction of sp³-hybridized carbons (Fsp3) is 0.333. The lowest BCUT2D eigenvalue weighted by Crippen LogP contribution is -2.30. The highest BCUT2D eigenvalue weighted by atomic mass is 35.5. The molecule has 0 spiro atoms. The maximum absolute atomic E-state index is 11.7. The van der Waals surface area contributed by atoms with Crippen molar-refractivity contribution in [3.05, 3.63) is 28.3 Å². The van der Waals surface area contributed by atoms with E-state index in [-0.39, 0.29) is 16.1 Å². The minimum absolute atomic E-state index is 0.214. The molecular formula is C12H15ClO4Si. The smallest absolute Gasteiger partial charge is 0.341 e. The predicted octanol–water partition coefficient (Wildman–Crippen LogP) is 3.15. The van der Waals surface area contributed by atoms with E-state index < -0.39 is 14.3 Å². The van der Waals surface area contributed by atoms with Crippen molar-refractivity contribution in [2.45, 2.75) is 19.6 Å². The second-order valence-corrected chi connectivity index (χ2v) is 9.53. The quantitative estimate of drug-likeness (QED) is 0.485. The number of rotatable bonds is 4. The lowest BCUT2D eigenvalue weighted by Gasteiger charge is -2.21. The van der Waals surface area contributed by atoms with Crippen molar-refractivity contribution in [3.8, 4) is 5.75 Å². The SMILES string of the molecule is COC(=O)c1cc(C=O)c(Cl)cc1O[Si](C)(C)C. The fourth-order valence-electron chi connectivity index (χ4n) is 1.35. The van der Waals surface area contributed by atoms with Crippen LogP contribution in [0.3, 0.4) is 0 Å². The number of methoxy groups -OCH3 is 1. The molecule has 1 rings (SSSR count). The molecule has 0 aliphatic carbocycles. The second-order valence-electron chi connectivity index (χ2n) is 4.69. The van der Waals surface area contributed by atoms with Gasteiger partial charge < -0.3 is 9.16 Å². The summed E-state index contributed by atoms with van der Waals surface area (Å²) in [6, 6.07) is 2.87. The first kappa shape index (κ1) is 14.7. The number of halogens is 1. The van der Waals surface area contributed by atoms with E-state index in [1.165, 1.54) is 19.2 Å². The summed E-state index contributed by atoms with van der Waals surface area (Å²) in [6.07, 6.45) is 0.590. The lowest BCUT2D eigenvalue weighted by molar-refractivity contribution is 0.0598. The molecule has 1 aromatic carbocycles. The standard InChI is InChI=1S/C12H15ClO4Si/c1-16-12(15)9-5-8(7-14)10(13)6-11(9)17-18(2,3)4/h5-7H,1-4H3. The van der Waals surface area contributed by atoms with E-state index in [2.05, 4.69) is 4.74 Å². The van der Waals surface area contributed by atoms with Crippen LogP contribution in [0.1, 0.15) is 20.7 Å². The van der Waals surface area contributed by atoms with Crippen molar-refractivity contribution in [2.75, 3.05) is 7.11 Å². The number of hydrogen-bond acceptors (Lipinski definition) is 4. The molecule has 0 aromatic heterocycles. The molecule has 1 aromatic rings. The van der Waals surface area contributed by atoms with E-state index in [9.17, 15) is 9.59 Å². The maximum atomic E-state index is 11.7. The summed E-state index contributed by atoms with van der Waals surface area (Å²) >= 11 is 5.93. The first-order valence-corrected chi connectivity index (χ1v) is 9.13. The molecule has 0 unspecified atom stereocenters. The largest absolute Gasteiger partial charge is 0.544 e. The van der Waals surface area contributed by atoms with Gasteiger partial charge in [0.15, 0.2) is 6.29 Å². The van der Waals surface area contributed by atoms with Crippen LogP contribution in [0.4, 0.5) is 0 Å². The highest BCUT2D eigenvalue weighted by Gasteiger charge is 2.22. The molecule has 18 heavy (non-hydrogen) atoms. The van der Waals surface area contributed by atoms with Crippen molar-refractivity contribution in [1.82, 2.24) is 0 Å². The molecule has 0 atom stereocenters. The third kappa shape index (κ3) is 3.58. The zero-order valence-corrected chi connectivity index (χ0v) is 12.5. The van der Waals surface area contributed by atoms with Crippen molar-refractivity contribution < 1.29 is 18.8 Å². The van der Waals surface area contributed by atoms with Crippen LogP contribution in [0.25, 0.3) is 0 Å². The molecule has 0 saturated carbocycles. The summed E-state index contributed by atoms with van der Waals surface area (Å²) < 4.78 is 10.4. The van der Waals surface area contributed by atoms with E-state index >= 15 is 0 Å². The predicted molar refractivity (Wildman–Crippen MR) is 72.2 cm³/mol. The highest BCUT2D eigenvalue weighted by molar-refractivity contribution is 6.70. The van der Waals surface area contributed by atoms with E-state index in [1.807, 2.05) is 19.6 Å². The zero-order valence-electron chi connectivity index (χ0n) is 10.7. The Balaban J connectivity index is 3.34. The number of ether oxygens (including phenoxy) is 1. The molecule has 0 bridgehead atoms. The average molecular weight is 287 g/mol. The minimum atomic E-state index is -1.89. The normalized spacial score (nSPS) is 10.9. The van der Waals surface area contributed by atoms with Gasteiger partial charge in [0, 0.05) is 5.56 Å². The number of aldehydes is 1. The van der Waals surface area contributed by atoms with Gasteiger partial charge in [0.1, 0.15) is 11.3 Å². The zero-order chi connectivity index (χ0) is 13.9. The molecule has 6 heteroatoms. The molecule has 0 heterocycles. The number of hydrogen-bond donors (Lipinski definition) is 0. The van der Waals surface area contributed by atoms with Crippen LogP contribution < -0.4 is 4.43 Å². The Morgan fingerprint density at radius 2 is 1.94 bits per heavy atom. The summed E-state index contributed by atoms with van der Waals surface area (Å²) in [5.41, 5.74) is 0.450. The molecule has 0 fully saturated rings. The summed E-state index contributed by atoms with van der Waals surface area (Å²) in [4.78, 5) is 22.5. The third-order valence-corrected chi connectivity index (χ3v) is 3.21. The van der Waals surface area contributed by atoms with Crippen molar-refractivity contribution in [1.29, 1.82) is 0 Å². The van der Waals surface area contributed by atoms with Gasteiger partial charge in [-0.1, -0.05) is 11.6 Å². The number of esters is 1. The minimum Gasteiger partial charge on any atom is -0.544 e. The maximum Gasteiger partial charge on any atom is 0.341 e. The van der Waals surface area contributed by atoms with Crippen LogP contribution in [-0.2, 0) is 4.74 Å². The van der Waals surface area contributed by atoms with Crippen LogP contribution in [-0.4, -0.2) is 27.7 Å². The Kier molecular flexibility index (Phi) is 4.53. The van der Waals surface area contributed by atoms with E-state index in [1.54, 1.807) is 0 Å². The van der Waals surface area contributed by atoms with Gasteiger partial charge in [-0.3, -0.25) is 4.79 Å². The molecule has 0 radical (unpaired) electrons. The van der Waals surface area contributed by atoms with E-state index in [4.69, 9.17) is 16.0 Å². The summed E-state index contributed by atoms with van der Waals surface area (Å²) in [7, 11) is -0.620. The van der Waals surface area contributed by atoms with Crippen LogP contribution in [0, 0.1) is 0 Å². The molecular weight excluding hydrogens is 272 g/mol. The fourth-order valence-corrected chi connectivity index (χ4v) is 2.37. The highest BCUT2D eigenvalue weighted by Crippen LogP contribution is 2.29. The van der Waals surface area contributed by atoms with Crippen molar-refractivity contribution in [3.63, 3.8) is 0 Å². The third-order valence-electron chi connectivity index (χ3n) is 2.05. The van der Waals surface area contributed by atoms with Crippen molar-refractivity contribution in [2.24, 2.45) is 0 Å². The van der Waals surface area contributed by atoms with Crippen molar-refractivity contribution >= 4 is 32.2 Å². The Morgan fingerprint density at radius 3 is 2.39 bits per heavy atom. The molecule has 4 nitrogen and oxygen atoms in total. The first-order valence-electron chi connectivity index (χ1n) is 5.34. The van der Waals surface area contributed by atoms with Gasteiger partial charge in [-0.15, -0.1) is 0 Å². The van der Waals surface area contributed by atoms with Gasteiger partial charge in [0.05, 0.1) is 12.1 Å². The van der Waals surface area contributed by atoms with Crippen LogP contribution in [0.5, 0.6) is 5.75 Å². The molecule has 0 aliphatic rings. The van der Waals surface area contributed by atoms with E-state index in [0.29, 0.717) is 12.0 Å². The molecule has 0 saturated heterocycles. The first-order chi connectivity index (χ1) is 8.28. The Hall–Kier alpha value is -1.33. The van der Waals surface area contributed by atoms with Crippen LogP contribution in [0.2, 0.25) is 24.7 Å². The Labute approximate surface area is 112 Å². The number of carbonyl (C=O) groups is 2. The number of benzene rings is 1. The topological polar surface area (TPSA) is 52.6 Å². The molecule has 0 amide bonds. The Bertz CT molecular complexity index is 480. The second kappa shape index (κ2) is 5.54. The molecule has 0 aliphatic heterocycles. The number of carbonyl (C=O) groups excluding carboxylic acids is 2. The molecule has 98 valence electrons. The summed E-state index contributed by atoms with van der Waals surface area (Å²) in [5, 5.41) is 0.255. The Morgan fingerprint density at radius 1 is 1.33 bits per heavy atom. The molecule has 0 N–H and O–H groups in total. The summed E-state index contributed by atoms with van der Waals surface area (Å²) in [6.45, 7) is 5.95. The van der Waals surface area contributed by atoms with Gasteiger partial charge in [-0.25, -0.2) is 4.79 Å². The average Bonchev–Trinajstić information content (AvgIpc) is 2.26.